The molecular weight excluding hydrogens is 232 g/mol. The second-order valence-corrected chi connectivity index (χ2v) is 5.04. The minimum atomic E-state index is -0.832. The van der Waals surface area contributed by atoms with E-state index in [0.717, 1.165) is 6.42 Å². The number of carboxylic acids is 1. The Kier molecular flexibility index (Phi) is 8.37. The number of carbonyl (C=O) groups is 2. The third-order valence-corrected chi connectivity index (χ3v) is 2.89. The molecule has 106 valence electrons. The Hall–Kier alpha value is -1.10. The molecule has 0 aromatic rings. The van der Waals surface area contributed by atoms with E-state index in [1.54, 1.807) is 0 Å². The average Bonchev–Trinajstić information content (AvgIpc) is 2.24. The Morgan fingerprint density at radius 2 is 1.89 bits per heavy atom. The summed E-state index contributed by atoms with van der Waals surface area (Å²) in [6, 6.07) is -0.122. The number of hydrogen-bond donors (Lipinski definition) is 2. The van der Waals surface area contributed by atoms with Crippen LogP contribution < -0.4 is 5.32 Å². The van der Waals surface area contributed by atoms with E-state index in [4.69, 9.17) is 5.11 Å². The smallest absolute Gasteiger partial charge is 0.304 e. The predicted molar refractivity (Wildman–Crippen MR) is 71.4 cm³/mol. The lowest BCUT2D eigenvalue weighted by Gasteiger charge is -2.26. The Balaban J connectivity index is 4.03. The summed E-state index contributed by atoms with van der Waals surface area (Å²) in [5.41, 5.74) is 0. The molecule has 0 heterocycles. The molecule has 0 rings (SSSR count). The highest BCUT2D eigenvalue weighted by Gasteiger charge is 2.17. The zero-order valence-corrected chi connectivity index (χ0v) is 11.9. The molecule has 5 heteroatoms. The topological polar surface area (TPSA) is 69.6 Å². The van der Waals surface area contributed by atoms with Crippen molar-refractivity contribution in [3.8, 4) is 0 Å². The lowest BCUT2D eigenvalue weighted by molar-refractivity contribution is -0.138. The second-order valence-electron chi connectivity index (χ2n) is 5.04. The second kappa shape index (κ2) is 8.91. The summed E-state index contributed by atoms with van der Waals surface area (Å²) in [5.74, 6) is -0.297. The molecule has 0 aromatic carbocycles. The molecule has 0 aliphatic rings. The number of aliphatic carboxylic acids is 1. The number of hydrogen-bond acceptors (Lipinski definition) is 3. The summed E-state index contributed by atoms with van der Waals surface area (Å²) in [7, 11) is 0. The van der Waals surface area contributed by atoms with E-state index < -0.39 is 5.97 Å². The normalized spacial score (nSPS) is 12.8. The fourth-order valence-corrected chi connectivity index (χ4v) is 1.70. The molecular formula is C13H26N2O3. The summed E-state index contributed by atoms with van der Waals surface area (Å²) in [5, 5.41) is 11.6. The van der Waals surface area contributed by atoms with Gasteiger partial charge >= 0.3 is 5.97 Å². The van der Waals surface area contributed by atoms with Crippen LogP contribution in [0.3, 0.4) is 0 Å². The van der Waals surface area contributed by atoms with Crippen LogP contribution in [0.15, 0.2) is 0 Å². The molecule has 0 spiro atoms. The van der Waals surface area contributed by atoms with Crippen molar-refractivity contribution in [2.45, 2.75) is 46.6 Å². The Labute approximate surface area is 110 Å². The molecule has 0 aliphatic carbocycles. The first-order valence-corrected chi connectivity index (χ1v) is 6.59. The Bertz CT molecular complexity index is 267. The van der Waals surface area contributed by atoms with Crippen LogP contribution >= 0.6 is 0 Å². The maximum atomic E-state index is 11.7. The van der Waals surface area contributed by atoms with E-state index in [-0.39, 0.29) is 24.9 Å². The Morgan fingerprint density at radius 1 is 1.28 bits per heavy atom. The maximum absolute atomic E-state index is 11.7. The van der Waals surface area contributed by atoms with Crippen molar-refractivity contribution in [2.24, 2.45) is 5.92 Å². The van der Waals surface area contributed by atoms with Gasteiger partial charge in [-0.2, -0.15) is 0 Å². The molecule has 1 unspecified atom stereocenters. The molecule has 18 heavy (non-hydrogen) atoms. The molecule has 0 saturated carbocycles. The largest absolute Gasteiger partial charge is 0.481 e. The quantitative estimate of drug-likeness (QED) is 0.654. The standard InChI is InChI=1S/C13H26N2O3/c1-5-15(11(4)8-13(17)18)9-12(16)14-7-6-10(2)3/h10-11H,5-9H2,1-4H3,(H,14,16)(H,17,18). The first-order valence-electron chi connectivity index (χ1n) is 6.59. The summed E-state index contributed by atoms with van der Waals surface area (Å²) in [6.07, 6.45) is 1.02. The van der Waals surface area contributed by atoms with Crippen molar-refractivity contribution >= 4 is 11.9 Å². The summed E-state index contributed by atoms with van der Waals surface area (Å²) >= 11 is 0. The van der Waals surface area contributed by atoms with Crippen LogP contribution in [0.5, 0.6) is 0 Å². The fourth-order valence-electron chi connectivity index (χ4n) is 1.70. The van der Waals surface area contributed by atoms with Crippen LogP contribution in [0.25, 0.3) is 0 Å². The average molecular weight is 258 g/mol. The van der Waals surface area contributed by atoms with Gasteiger partial charge in [-0.3, -0.25) is 14.5 Å². The predicted octanol–water partition coefficient (Wildman–Crippen LogP) is 1.33. The van der Waals surface area contributed by atoms with Gasteiger partial charge in [-0.05, 0) is 25.8 Å². The Morgan fingerprint density at radius 3 is 2.33 bits per heavy atom. The molecule has 1 amide bonds. The van der Waals surface area contributed by atoms with Gasteiger partial charge < -0.3 is 10.4 Å². The van der Waals surface area contributed by atoms with Gasteiger partial charge in [0.2, 0.25) is 5.91 Å². The van der Waals surface area contributed by atoms with Gasteiger partial charge in [0.1, 0.15) is 0 Å². The lowest BCUT2D eigenvalue weighted by Crippen LogP contribution is -2.42. The molecule has 0 aliphatic heterocycles. The zero-order valence-electron chi connectivity index (χ0n) is 11.9. The van der Waals surface area contributed by atoms with Gasteiger partial charge in [-0.25, -0.2) is 0 Å². The SMILES string of the molecule is CCN(CC(=O)NCCC(C)C)C(C)CC(=O)O. The number of carbonyl (C=O) groups excluding carboxylic acids is 1. The molecule has 0 fully saturated rings. The molecule has 5 nitrogen and oxygen atoms in total. The minimum Gasteiger partial charge on any atom is -0.481 e. The van der Waals surface area contributed by atoms with E-state index >= 15 is 0 Å². The van der Waals surface area contributed by atoms with Gasteiger partial charge in [-0.15, -0.1) is 0 Å². The third kappa shape index (κ3) is 8.06. The van der Waals surface area contributed by atoms with Gasteiger partial charge in [0.25, 0.3) is 0 Å². The molecule has 0 bridgehead atoms. The number of amides is 1. The van der Waals surface area contributed by atoms with Crippen molar-refractivity contribution in [1.82, 2.24) is 10.2 Å². The van der Waals surface area contributed by atoms with Gasteiger partial charge in [0.05, 0.1) is 13.0 Å². The van der Waals surface area contributed by atoms with Crippen molar-refractivity contribution < 1.29 is 14.7 Å². The zero-order chi connectivity index (χ0) is 14.1. The van der Waals surface area contributed by atoms with E-state index in [1.807, 2.05) is 18.7 Å². The maximum Gasteiger partial charge on any atom is 0.304 e. The number of likely N-dealkylation sites (N-methyl/N-ethyl adjacent to an activating group) is 1. The van der Waals surface area contributed by atoms with Crippen molar-refractivity contribution in [2.75, 3.05) is 19.6 Å². The van der Waals surface area contributed by atoms with Crippen LogP contribution in [0, 0.1) is 5.92 Å². The number of nitrogens with one attached hydrogen (secondary N) is 1. The van der Waals surface area contributed by atoms with Gasteiger partial charge in [0.15, 0.2) is 0 Å². The van der Waals surface area contributed by atoms with E-state index in [2.05, 4.69) is 19.2 Å². The monoisotopic (exact) mass is 258 g/mol. The molecule has 0 radical (unpaired) electrons. The highest BCUT2D eigenvalue weighted by Crippen LogP contribution is 2.03. The fraction of sp³-hybridized carbons (Fsp3) is 0.846. The lowest BCUT2D eigenvalue weighted by atomic mass is 10.1. The number of carboxylic acid groups (broad SMARTS) is 1. The molecule has 0 aromatic heterocycles. The molecule has 0 saturated heterocycles. The van der Waals surface area contributed by atoms with Crippen molar-refractivity contribution in [3.05, 3.63) is 0 Å². The van der Waals surface area contributed by atoms with Gasteiger partial charge in [0, 0.05) is 12.6 Å². The van der Waals surface area contributed by atoms with Crippen molar-refractivity contribution in [3.63, 3.8) is 0 Å². The summed E-state index contributed by atoms with van der Waals surface area (Å²) in [6.45, 7) is 9.61. The van der Waals surface area contributed by atoms with Crippen LogP contribution in [-0.4, -0.2) is 47.6 Å². The number of rotatable bonds is 9. The van der Waals surface area contributed by atoms with Crippen LogP contribution in [0.1, 0.15) is 40.5 Å². The minimum absolute atomic E-state index is 0.0326. The van der Waals surface area contributed by atoms with Gasteiger partial charge in [-0.1, -0.05) is 20.8 Å². The van der Waals surface area contributed by atoms with Crippen LogP contribution in [-0.2, 0) is 9.59 Å². The van der Waals surface area contributed by atoms with E-state index in [9.17, 15) is 9.59 Å². The van der Waals surface area contributed by atoms with E-state index in [0.29, 0.717) is 19.0 Å². The third-order valence-electron chi connectivity index (χ3n) is 2.89. The number of nitrogens with zero attached hydrogens (tertiary/aromatic N) is 1. The summed E-state index contributed by atoms with van der Waals surface area (Å²) < 4.78 is 0. The van der Waals surface area contributed by atoms with Crippen LogP contribution in [0.4, 0.5) is 0 Å². The van der Waals surface area contributed by atoms with Crippen molar-refractivity contribution in [1.29, 1.82) is 0 Å². The highest BCUT2D eigenvalue weighted by atomic mass is 16.4. The summed E-state index contributed by atoms with van der Waals surface area (Å²) in [4.78, 5) is 24.2. The first-order chi connectivity index (χ1) is 8.36. The first kappa shape index (κ1) is 16.9. The van der Waals surface area contributed by atoms with Crippen LogP contribution in [0.2, 0.25) is 0 Å². The highest BCUT2D eigenvalue weighted by molar-refractivity contribution is 5.78. The molecule has 1 atom stereocenters. The molecule has 2 N–H and O–H groups in total. The van der Waals surface area contributed by atoms with E-state index in [1.165, 1.54) is 0 Å².